The first-order valence-electron chi connectivity index (χ1n) is 9.06. The number of benzene rings is 1. The van der Waals surface area contributed by atoms with E-state index in [-0.39, 0.29) is 6.03 Å². The van der Waals surface area contributed by atoms with E-state index >= 15 is 0 Å². The maximum absolute atomic E-state index is 12.5. The van der Waals surface area contributed by atoms with E-state index in [1.807, 2.05) is 25.3 Å². The molecule has 0 radical (unpaired) electrons. The standard InChI is InChI=1S/C19H24N4O2/c1-2-23(19(24)22-14-3-4-14)16-5-6-18-17(10-16)13(7-8-25-18)9-15-11-20-12-21-15/h5-6,10-14H,2-4,7-9H2,1H3,(H,20,21)(H,22,24). The van der Waals surface area contributed by atoms with Crippen LogP contribution in [-0.2, 0) is 6.42 Å². The van der Waals surface area contributed by atoms with Gasteiger partial charge in [-0.15, -0.1) is 0 Å². The van der Waals surface area contributed by atoms with Crippen molar-refractivity contribution in [2.75, 3.05) is 18.1 Å². The van der Waals surface area contributed by atoms with Gasteiger partial charge in [-0.2, -0.15) is 0 Å². The van der Waals surface area contributed by atoms with E-state index in [1.54, 1.807) is 11.2 Å². The summed E-state index contributed by atoms with van der Waals surface area (Å²) in [6.07, 6.45) is 7.64. The van der Waals surface area contributed by atoms with Gasteiger partial charge in [-0.25, -0.2) is 9.78 Å². The van der Waals surface area contributed by atoms with Gasteiger partial charge in [0.15, 0.2) is 0 Å². The average Bonchev–Trinajstić information content (AvgIpc) is 3.28. The summed E-state index contributed by atoms with van der Waals surface area (Å²) in [5.41, 5.74) is 3.23. The van der Waals surface area contributed by atoms with Gasteiger partial charge in [0, 0.05) is 30.2 Å². The Morgan fingerprint density at radius 3 is 3.00 bits per heavy atom. The summed E-state index contributed by atoms with van der Waals surface area (Å²) in [6, 6.07) is 6.44. The summed E-state index contributed by atoms with van der Waals surface area (Å²) in [4.78, 5) is 21.6. The van der Waals surface area contributed by atoms with Crippen molar-refractivity contribution in [2.45, 2.75) is 44.6 Å². The third-order valence-electron chi connectivity index (χ3n) is 4.96. The van der Waals surface area contributed by atoms with E-state index in [2.05, 4.69) is 21.4 Å². The van der Waals surface area contributed by atoms with E-state index in [9.17, 15) is 4.79 Å². The molecule has 2 aromatic rings. The number of H-pyrrole nitrogens is 1. The smallest absolute Gasteiger partial charge is 0.322 e. The molecule has 6 nitrogen and oxygen atoms in total. The van der Waals surface area contributed by atoms with Crippen molar-refractivity contribution in [3.8, 4) is 5.75 Å². The van der Waals surface area contributed by atoms with Crippen LogP contribution in [0.3, 0.4) is 0 Å². The zero-order valence-electron chi connectivity index (χ0n) is 14.5. The van der Waals surface area contributed by atoms with Crippen LogP contribution in [0, 0.1) is 0 Å². The lowest BCUT2D eigenvalue weighted by Crippen LogP contribution is -2.41. The van der Waals surface area contributed by atoms with Crippen LogP contribution < -0.4 is 15.0 Å². The highest BCUT2D eigenvalue weighted by Crippen LogP contribution is 2.38. The van der Waals surface area contributed by atoms with Gasteiger partial charge in [-0.1, -0.05) is 0 Å². The van der Waals surface area contributed by atoms with Gasteiger partial charge in [0.25, 0.3) is 0 Å². The number of carbonyl (C=O) groups excluding carboxylic acids is 1. The molecular formula is C19H24N4O2. The molecular weight excluding hydrogens is 316 g/mol. The molecule has 2 amide bonds. The minimum Gasteiger partial charge on any atom is -0.493 e. The second-order valence-electron chi connectivity index (χ2n) is 6.81. The number of urea groups is 1. The average molecular weight is 340 g/mol. The summed E-state index contributed by atoms with van der Waals surface area (Å²) in [6.45, 7) is 3.37. The normalized spacial score (nSPS) is 19.0. The van der Waals surface area contributed by atoms with Crippen molar-refractivity contribution >= 4 is 11.7 Å². The Morgan fingerprint density at radius 1 is 1.40 bits per heavy atom. The number of nitrogens with one attached hydrogen (secondary N) is 2. The van der Waals surface area contributed by atoms with Gasteiger partial charge in [0.2, 0.25) is 0 Å². The van der Waals surface area contributed by atoms with Crippen LogP contribution in [0.1, 0.15) is 43.4 Å². The van der Waals surface area contributed by atoms with Crippen LogP contribution in [-0.4, -0.2) is 35.2 Å². The van der Waals surface area contributed by atoms with Gasteiger partial charge < -0.3 is 15.0 Å². The van der Waals surface area contributed by atoms with Crippen LogP contribution in [0.15, 0.2) is 30.7 Å². The summed E-state index contributed by atoms with van der Waals surface area (Å²) < 4.78 is 5.83. The van der Waals surface area contributed by atoms with Gasteiger partial charge in [-0.3, -0.25) is 4.90 Å². The zero-order chi connectivity index (χ0) is 17.2. The van der Waals surface area contributed by atoms with E-state index in [1.165, 1.54) is 5.56 Å². The maximum atomic E-state index is 12.5. The lowest BCUT2D eigenvalue weighted by Gasteiger charge is -2.28. The number of imidazole rings is 1. The van der Waals surface area contributed by atoms with Crippen LogP contribution in [0.25, 0.3) is 0 Å². The first-order valence-corrected chi connectivity index (χ1v) is 9.06. The highest BCUT2D eigenvalue weighted by molar-refractivity contribution is 5.92. The predicted molar refractivity (Wildman–Crippen MR) is 96.2 cm³/mol. The Labute approximate surface area is 147 Å². The lowest BCUT2D eigenvalue weighted by molar-refractivity contribution is 0.246. The monoisotopic (exact) mass is 340 g/mol. The number of aromatic nitrogens is 2. The van der Waals surface area contributed by atoms with Crippen molar-refractivity contribution in [1.82, 2.24) is 15.3 Å². The molecule has 132 valence electrons. The van der Waals surface area contributed by atoms with Gasteiger partial charge in [0.05, 0.1) is 12.9 Å². The molecule has 25 heavy (non-hydrogen) atoms. The van der Waals surface area contributed by atoms with E-state index < -0.39 is 0 Å². The summed E-state index contributed by atoms with van der Waals surface area (Å²) >= 11 is 0. The number of fused-ring (bicyclic) bond motifs is 1. The van der Waals surface area contributed by atoms with Crippen molar-refractivity contribution in [3.05, 3.63) is 42.0 Å². The Balaban J connectivity index is 1.58. The molecule has 1 aromatic heterocycles. The molecule has 1 aromatic carbocycles. The summed E-state index contributed by atoms with van der Waals surface area (Å²) in [7, 11) is 0. The fourth-order valence-corrected chi connectivity index (χ4v) is 3.42. The number of ether oxygens (including phenoxy) is 1. The lowest BCUT2D eigenvalue weighted by atomic mass is 9.89. The molecule has 1 fully saturated rings. The third-order valence-corrected chi connectivity index (χ3v) is 4.96. The Kier molecular flexibility index (Phi) is 4.34. The number of carbonyl (C=O) groups is 1. The quantitative estimate of drug-likeness (QED) is 0.878. The molecule has 1 saturated carbocycles. The fourth-order valence-electron chi connectivity index (χ4n) is 3.42. The topological polar surface area (TPSA) is 70.2 Å². The molecule has 1 atom stereocenters. The van der Waals surface area contributed by atoms with Crippen LogP contribution in [0.4, 0.5) is 10.5 Å². The highest BCUT2D eigenvalue weighted by Gasteiger charge is 2.28. The van der Waals surface area contributed by atoms with Gasteiger partial charge in [0.1, 0.15) is 5.75 Å². The number of hydrogen-bond acceptors (Lipinski definition) is 3. The zero-order valence-corrected chi connectivity index (χ0v) is 14.5. The van der Waals surface area contributed by atoms with Crippen LogP contribution in [0.5, 0.6) is 5.75 Å². The van der Waals surface area contributed by atoms with E-state index in [0.717, 1.165) is 49.4 Å². The minimum absolute atomic E-state index is 0.00760. The minimum atomic E-state index is -0.00760. The first-order chi connectivity index (χ1) is 12.2. The van der Waals surface area contributed by atoms with Gasteiger partial charge >= 0.3 is 6.03 Å². The predicted octanol–water partition coefficient (Wildman–Crippen LogP) is 3.22. The van der Waals surface area contributed by atoms with Crippen molar-refractivity contribution in [3.63, 3.8) is 0 Å². The van der Waals surface area contributed by atoms with Gasteiger partial charge in [-0.05, 0) is 62.3 Å². The molecule has 1 aliphatic carbocycles. The number of rotatable bonds is 5. The molecule has 0 saturated heterocycles. The Bertz CT molecular complexity index is 740. The number of anilines is 1. The van der Waals surface area contributed by atoms with E-state index in [0.29, 0.717) is 18.5 Å². The first kappa shape index (κ1) is 16.0. The van der Waals surface area contributed by atoms with Crippen molar-refractivity contribution in [1.29, 1.82) is 0 Å². The summed E-state index contributed by atoms with van der Waals surface area (Å²) in [5.74, 6) is 1.30. The molecule has 0 bridgehead atoms. The molecule has 1 unspecified atom stereocenters. The second-order valence-corrected chi connectivity index (χ2v) is 6.81. The van der Waals surface area contributed by atoms with Crippen molar-refractivity contribution < 1.29 is 9.53 Å². The number of aromatic amines is 1. The number of amides is 2. The van der Waals surface area contributed by atoms with Crippen molar-refractivity contribution in [2.24, 2.45) is 0 Å². The highest BCUT2D eigenvalue weighted by atomic mass is 16.5. The molecule has 4 rings (SSSR count). The van der Waals surface area contributed by atoms with E-state index in [4.69, 9.17) is 4.74 Å². The molecule has 0 spiro atoms. The second kappa shape index (κ2) is 6.78. The SMILES string of the molecule is CCN(C(=O)NC1CC1)c1ccc2c(c1)C(Cc1cnc[nH]1)CCO2. The number of nitrogens with zero attached hydrogens (tertiary/aromatic N) is 2. The van der Waals surface area contributed by atoms with Crippen LogP contribution in [0.2, 0.25) is 0 Å². The molecule has 2 aliphatic rings. The molecule has 1 aliphatic heterocycles. The molecule has 2 heterocycles. The maximum Gasteiger partial charge on any atom is 0.322 e. The Morgan fingerprint density at radius 2 is 2.28 bits per heavy atom. The largest absolute Gasteiger partial charge is 0.493 e. The Hall–Kier alpha value is -2.50. The fraction of sp³-hybridized carbons (Fsp3) is 0.474. The van der Waals surface area contributed by atoms with Crippen LogP contribution >= 0.6 is 0 Å². The summed E-state index contributed by atoms with van der Waals surface area (Å²) in [5, 5.41) is 3.07. The third kappa shape index (κ3) is 3.48. The molecule has 6 heteroatoms. The number of hydrogen-bond donors (Lipinski definition) is 2. The molecule has 2 N–H and O–H groups in total.